The molecule has 1 amide bonds. The summed E-state index contributed by atoms with van der Waals surface area (Å²) in [5, 5.41) is 6.70. The Hall–Kier alpha value is -1.72. The highest BCUT2D eigenvalue weighted by molar-refractivity contribution is 5.86. The predicted molar refractivity (Wildman–Crippen MR) is 93.3 cm³/mol. The smallest absolute Gasteiger partial charge is 0.255 e. The minimum atomic E-state index is -0.731. The van der Waals surface area contributed by atoms with Crippen molar-refractivity contribution in [3.05, 3.63) is 35.9 Å². The zero-order valence-corrected chi connectivity index (χ0v) is 14.2. The van der Waals surface area contributed by atoms with Gasteiger partial charge in [0.05, 0.1) is 6.54 Å². The molecule has 24 heavy (non-hydrogen) atoms. The number of nitrogens with zero attached hydrogens (tertiary/aromatic N) is 1. The van der Waals surface area contributed by atoms with E-state index in [9.17, 15) is 9.59 Å². The van der Waals surface area contributed by atoms with Gasteiger partial charge in [0.1, 0.15) is 6.29 Å². The monoisotopic (exact) mass is 329 g/mol. The molecule has 2 N–H and O–H groups in total. The summed E-state index contributed by atoms with van der Waals surface area (Å²) in [6.07, 6.45) is 7.26. The predicted octanol–water partition coefficient (Wildman–Crippen LogP) is 1.83. The topological polar surface area (TPSA) is 61.4 Å². The Kier molecular flexibility index (Phi) is 5.63. The second-order valence-corrected chi connectivity index (χ2v) is 6.87. The number of carbonyl (C=O) groups is 2. The third-order valence-corrected chi connectivity index (χ3v) is 5.27. The van der Waals surface area contributed by atoms with Crippen LogP contribution >= 0.6 is 0 Å². The molecular weight excluding hydrogens is 302 g/mol. The second-order valence-electron chi connectivity index (χ2n) is 6.87. The molecule has 1 heterocycles. The third-order valence-electron chi connectivity index (χ3n) is 5.27. The number of benzene rings is 1. The van der Waals surface area contributed by atoms with Gasteiger partial charge in [-0.15, -0.1) is 0 Å². The van der Waals surface area contributed by atoms with E-state index in [1.54, 1.807) is 0 Å². The molecule has 1 aliphatic heterocycles. The Labute approximate surface area is 143 Å². The van der Waals surface area contributed by atoms with Gasteiger partial charge in [-0.2, -0.15) is 0 Å². The van der Waals surface area contributed by atoms with Crippen molar-refractivity contribution < 1.29 is 9.59 Å². The molecule has 0 spiro atoms. The van der Waals surface area contributed by atoms with Crippen molar-refractivity contribution in [3.8, 4) is 0 Å². The lowest BCUT2D eigenvalue weighted by molar-refractivity contribution is -0.135. The van der Waals surface area contributed by atoms with Gasteiger partial charge < -0.3 is 10.1 Å². The van der Waals surface area contributed by atoms with E-state index >= 15 is 0 Å². The van der Waals surface area contributed by atoms with E-state index < -0.39 is 5.66 Å². The molecular formula is C19H27N3O2. The highest BCUT2D eigenvalue weighted by Gasteiger charge is 2.48. The average molecular weight is 329 g/mol. The Morgan fingerprint density at radius 1 is 1.21 bits per heavy atom. The summed E-state index contributed by atoms with van der Waals surface area (Å²) in [6, 6.07) is 10.3. The van der Waals surface area contributed by atoms with Crippen molar-refractivity contribution in [2.75, 3.05) is 13.1 Å². The van der Waals surface area contributed by atoms with Crippen LogP contribution in [0.25, 0.3) is 0 Å². The fraction of sp³-hybridized carbons (Fsp3) is 0.579. The van der Waals surface area contributed by atoms with Crippen LogP contribution in [0.2, 0.25) is 0 Å². The number of hydrogen-bond donors (Lipinski definition) is 2. The number of hydrogen-bond acceptors (Lipinski definition) is 4. The number of rotatable bonds is 7. The molecule has 2 fully saturated rings. The maximum atomic E-state index is 13.1. The third kappa shape index (κ3) is 3.68. The normalized spacial score (nSPS) is 25.0. The molecule has 0 radical (unpaired) electrons. The Morgan fingerprint density at radius 2 is 1.96 bits per heavy atom. The van der Waals surface area contributed by atoms with Crippen LogP contribution in [0.5, 0.6) is 0 Å². The van der Waals surface area contributed by atoms with Crippen molar-refractivity contribution in [2.45, 2.75) is 56.8 Å². The van der Waals surface area contributed by atoms with Crippen LogP contribution in [0.3, 0.4) is 0 Å². The number of aldehydes is 1. The quantitative estimate of drug-likeness (QED) is 0.749. The van der Waals surface area contributed by atoms with Crippen LogP contribution in [0, 0.1) is 0 Å². The largest absolute Gasteiger partial charge is 0.349 e. The van der Waals surface area contributed by atoms with Gasteiger partial charge in [-0.25, -0.2) is 0 Å². The van der Waals surface area contributed by atoms with Crippen molar-refractivity contribution in [3.63, 3.8) is 0 Å². The standard InChI is InChI=1S/C19H27N3O2/c23-14-13-22-12-6-11-19(22,21-17-9-4-5-10-17)18(24)20-15-16-7-2-1-3-8-16/h1-3,7-8,14,17,21H,4-6,9-13,15H2,(H,20,24)/t19-/m0/s1. The number of likely N-dealkylation sites (tertiary alicyclic amines) is 1. The van der Waals surface area contributed by atoms with E-state index in [1.807, 2.05) is 35.2 Å². The van der Waals surface area contributed by atoms with Crippen molar-refractivity contribution >= 4 is 12.2 Å². The Morgan fingerprint density at radius 3 is 2.67 bits per heavy atom. The molecule has 0 aromatic heterocycles. The van der Waals surface area contributed by atoms with Gasteiger partial charge in [0, 0.05) is 19.1 Å². The Bertz CT molecular complexity index is 557. The first kappa shape index (κ1) is 17.1. The first-order chi connectivity index (χ1) is 11.7. The molecule has 1 saturated carbocycles. The van der Waals surface area contributed by atoms with Crippen molar-refractivity contribution in [1.29, 1.82) is 0 Å². The molecule has 1 aromatic rings. The molecule has 130 valence electrons. The van der Waals surface area contributed by atoms with E-state index in [0.717, 1.165) is 44.1 Å². The van der Waals surface area contributed by atoms with Gasteiger partial charge in [-0.3, -0.25) is 15.0 Å². The number of carbonyl (C=O) groups excluding carboxylic acids is 2. The van der Waals surface area contributed by atoms with E-state index in [2.05, 4.69) is 10.6 Å². The van der Waals surface area contributed by atoms with E-state index in [-0.39, 0.29) is 5.91 Å². The van der Waals surface area contributed by atoms with Crippen LogP contribution in [-0.2, 0) is 16.1 Å². The number of nitrogens with one attached hydrogen (secondary N) is 2. The summed E-state index contributed by atoms with van der Waals surface area (Å²) in [4.78, 5) is 26.2. The van der Waals surface area contributed by atoms with E-state index in [4.69, 9.17) is 0 Å². The first-order valence-electron chi connectivity index (χ1n) is 9.03. The van der Waals surface area contributed by atoms with Crippen LogP contribution in [0.1, 0.15) is 44.1 Å². The van der Waals surface area contributed by atoms with Crippen LogP contribution in [0.4, 0.5) is 0 Å². The van der Waals surface area contributed by atoms with Gasteiger partial charge in [0.2, 0.25) is 0 Å². The van der Waals surface area contributed by atoms with Gasteiger partial charge >= 0.3 is 0 Å². The van der Waals surface area contributed by atoms with E-state index in [0.29, 0.717) is 19.1 Å². The average Bonchev–Trinajstić information content (AvgIpc) is 3.25. The summed E-state index contributed by atoms with van der Waals surface area (Å²) in [5.41, 5.74) is 0.354. The summed E-state index contributed by atoms with van der Waals surface area (Å²) in [6.45, 7) is 1.61. The maximum Gasteiger partial charge on any atom is 0.255 e. The lowest BCUT2D eigenvalue weighted by atomic mass is 10.0. The van der Waals surface area contributed by atoms with Gasteiger partial charge in [-0.1, -0.05) is 43.2 Å². The maximum absolute atomic E-state index is 13.1. The molecule has 3 rings (SSSR count). The fourth-order valence-electron chi connectivity index (χ4n) is 4.03. The molecule has 0 bridgehead atoms. The summed E-state index contributed by atoms with van der Waals surface area (Å²) < 4.78 is 0. The Balaban J connectivity index is 1.72. The summed E-state index contributed by atoms with van der Waals surface area (Å²) >= 11 is 0. The summed E-state index contributed by atoms with van der Waals surface area (Å²) in [5.74, 6) is -0.00222. The molecule has 1 aromatic carbocycles. The van der Waals surface area contributed by atoms with Gasteiger partial charge in [0.25, 0.3) is 5.91 Å². The zero-order valence-electron chi connectivity index (χ0n) is 14.2. The fourth-order valence-corrected chi connectivity index (χ4v) is 4.03. The lowest BCUT2D eigenvalue weighted by Gasteiger charge is -2.39. The molecule has 5 heteroatoms. The van der Waals surface area contributed by atoms with Gasteiger partial charge in [0.15, 0.2) is 5.66 Å². The van der Waals surface area contributed by atoms with Crippen molar-refractivity contribution in [2.24, 2.45) is 0 Å². The minimum absolute atomic E-state index is 0.00222. The molecule has 1 aliphatic carbocycles. The van der Waals surface area contributed by atoms with Gasteiger partial charge in [-0.05, 0) is 31.2 Å². The highest BCUT2D eigenvalue weighted by atomic mass is 16.2. The molecule has 0 unspecified atom stereocenters. The highest BCUT2D eigenvalue weighted by Crippen LogP contribution is 2.30. The van der Waals surface area contributed by atoms with Crippen molar-refractivity contribution in [1.82, 2.24) is 15.5 Å². The molecule has 1 saturated heterocycles. The molecule has 5 nitrogen and oxygen atoms in total. The second kappa shape index (κ2) is 7.90. The lowest BCUT2D eigenvalue weighted by Crippen LogP contribution is -2.66. The van der Waals surface area contributed by atoms with Crippen LogP contribution < -0.4 is 10.6 Å². The van der Waals surface area contributed by atoms with Crippen LogP contribution in [-0.4, -0.2) is 41.9 Å². The molecule has 2 aliphatic rings. The zero-order chi connectivity index (χ0) is 16.8. The SMILES string of the molecule is O=CCN1CCC[C@@]1(NC1CCCC1)C(=O)NCc1ccccc1. The van der Waals surface area contributed by atoms with Crippen LogP contribution in [0.15, 0.2) is 30.3 Å². The first-order valence-corrected chi connectivity index (χ1v) is 9.03. The molecule has 1 atom stereocenters. The minimum Gasteiger partial charge on any atom is -0.349 e. The summed E-state index contributed by atoms with van der Waals surface area (Å²) in [7, 11) is 0. The van der Waals surface area contributed by atoms with E-state index in [1.165, 1.54) is 12.8 Å². The number of amides is 1.